The lowest BCUT2D eigenvalue weighted by Crippen LogP contribution is -2.60. The molecular formula is C42H68N6O6S. The number of rotatable bonds is 21. The molecular weight excluding hydrogens is 717 g/mol. The molecule has 0 saturated carbocycles. The summed E-state index contributed by atoms with van der Waals surface area (Å²) in [5.41, 5.74) is 0.324. The molecule has 55 heavy (non-hydrogen) atoms. The molecule has 0 bridgehead atoms. The van der Waals surface area contributed by atoms with Crippen LogP contribution in [0.4, 0.5) is 0 Å². The van der Waals surface area contributed by atoms with Gasteiger partial charge in [-0.25, -0.2) is 4.98 Å². The van der Waals surface area contributed by atoms with Gasteiger partial charge < -0.3 is 35.2 Å². The highest BCUT2D eigenvalue weighted by Gasteiger charge is 2.50. The van der Waals surface area contributed by atoms with Crippen LogP contribution in [0.15, 0.2) is 41.9 Å². The molecule has 2 aromatic rings. The van der Waals surface area contributed by atoms with Gasteiger partial charge in [0.1, 0.15) is 11.0 Å². The Kier molecular flexibility index (Phi) is 17.7. The van der Waals surface area contributed by atoms with E-state index in [1.807, 2.05) is 82.2 Å². The zero-order chi connectivity index (χ0) is 41.0. The van der Waals surface area contributed by atoms with Crippen molar-refractivity contribution < 1.29 is 28.7 Å². The highest BCUT2D eigenvalue weighted by Crippen LogP contribution is 2.38. The van der Waals surface area contributed by atoms with Gasteiger partial charge in [0, 0.05) is 39.4 Å². The minimum Gasteiger partial charge on any atom is -0.379 e. The number of likely N-dealkylation sites (tertiary alicyclic amines) is 1. The number of nitrogens with one attached hydrogen (secondary N) is 3. The average Bonchev–Trinajstić information content (AvgIpc) is 3.84. The SMILES string of the molecule is CC[C@H](C)[C@@H]([C@@H](CC(=O)N1CCCC1(C)[C@H](OC)[C@@H](C)C(=O)N[C@@H](Cc1ccccc1)c1nccs1)OC)N(C)C(=O)[C@@H](NC(=O)[C@@H](NC)C(C)C)C(C)C. The third kappa shape index (κ3) is 11.4. The van der Waals surface area contributed by atoms with Gasteiger partial charge in [-0.15, -0.1) is 11.3 Å². The van der Waals surface area contributed by atoms with Crippen LogP contribution in [0.3, 0.4) is 0 Å². The maximum Gasteiger partial charge on any atom is 0.245 e. The van der Waals surface area contributed by atoms with Gasteiger partial charge in [-0.05, 0) is 56.6 Å². The Morgan fingerprint density at radius 2 is 1.62 bits per heavy atom. The zero-order valence-corrected chi connectivity index (χ0v) is 36.1. The smallest absolute Gasteiger partial charge is 0.245 e. The van der Waals surface area contributed by atoms with Crippen molar-refractivity contribution in [1.82, 2.24) is 30.7 Å². The molecule has 12 nitrogen and oxygen atoms in total. The largest absolute Gasteiger partial charge is 0.379 e. The summed E-state index contributed by atoms with van der Waals surface area (Å²) in [6, 6.07) is 8.06. The van der Waals surface area contributed by atoms with Crippen molar-refractivity contribution >= 4 is 35.0 Å². The number of benzene rings is 1. The lowest BCUT2D eigenvalue weighted by Gasteiger charge is -2.44. The van der Waals surface area contributed by atoms with E-state index < -0.39 is 41.8 Å². The van der Waals surface area contributed by atoms with E-state index in [-0.39, 0.29) is 53.8 Å². The van der Waals surface area contributed by atoms with Gasteiger partial charge in [-0.2, -0.15) is 0 Å². The molecule has 0 radical (unpaired) electrons. The summed E-state index contributed by atoms with van der Waals surface area (Å²) in [6.45, 7) is 16.2. The molecule has 3 N–H and O–H groups in total. The van der Waals surface area contributed by atoms with Crippen molar-refractivity contribution in [2.45, 2.75) is 129 Å². The number of hydrogen-bond acceptors (Lipinski definition) is 9. The van der Waals surface area contributed by atoms with E-state index >= 15 is 0 Å². The van der Waals surface area contributed by atoms with Crippen LogP contribution in [0.1, 0.15) is 97.7 Å². The number of ether oxygens (including phenoxy) is 2. The van der Waals surface area contributed by atoms with Crippen LogP contribution < -0.4 is 16.0 Å². The highest BCUT2D eigenvalue weighted by atomic mass is 32.1. The molecule has 1 aromatic heterocycles. The Hall–Kier alpha value is -3.39. The lowest BCUT2D eigenvalue weighted by atomic mass is 9.82. The number of likely N-dealkylation sites (N-methyl/N-ethyl adjacent to an activating group) is 2. The molecule has 2 heterocycles. The summed E-state index contributed by atoms with van der Waals surface area (Å²) in [7, 11) is 6.66. The summed E-state index contributed by atoms with van der Waals surface area (Å²) in [5.74, 6) is -1.48. The monoisotopic (exact) mass is 784 g/mol. The fourth-order valence-electron chi connectivity index (χ4n) is 8.34. The molecule has 1 fully saturated rings. The fraction of sp³-hybridized carbons (Fsp3) is 0.690. The summed E-state index contributed by atoms with van der Waals surface area (Å²) in [5, 5.41) is 12.0. The van der Waals surface area contributed by atoms with Crippen LogP contribution in [0, 0.1) is 23.7 Å². The van der Waals surface area contributed by atoms with Crippen molar-refractivity contribution in [1.29, 1.82) is 0 Å². The van der Waals surface area contributed by atoms with Gasteiger partial charge in [0.05, 0.1) is 48.2 Å². The molecule has 1 aliphatic heterocycles. The van der Waals surface area contributed by atoms with Gasteiger partial charge >= 0.3 is 0 Å². The number of nitrogens with zero attached hydrogens (tertiary/aromatic N) is 3. The topological polar surface area (TPSA) is 142 Å². The van der Waals surface area contributed by atoms with Gasteiger partial charge in [0.25, 0.3) is 0 Å². The minimum atomic E-state index is -0.766. The first-order valence-corrected chi connectivity index (χ1v) is 20.8. The van der Waals surface area contributed by atoms with Gasteiger partial charge in [0.15, 0.2) is 0 Å². The molecule has 4 amide bonds. The Morgan fingerprint density at radius 3 is 2.15 bits per heavy atom. The number of carbonyl (C=O) groups is 4. The number of methoxy groups -OCH3 is 2. The first-order chi connectivity index (χ1) is 26.1. The van der Waals surface area contributed by atoms with Crippen molar-refractivity contribution in [2.24, 2.45) is 23.7 Å². The van der Waals surface area contributed by atoms with E-state index in [4.69, 9.17) is 9.47 Å². The first-order valence-electron chi connectivity index (χ1n) is 19.9. The number of hydrogen-bond donors (Lipinski definition) is 3. The minimum absolute atomic E-state index is 0.0157. The lowest BCUT2D eigenvalue weighted by molar-refractivity contribution is -0.152. The fourth-order valence-corrected chi connectivity index (χ4v) is 9.03. The van der Waals surface area contributed by atoms with Crippen LogP contribution in [-0.2, 0) is 35.1 Å². The highest BCUT2D eigenvalue weighted by molar-refractivity contribution is 7.09. The Balaban J connectivity index is 1.83. The summed E-state index contributed by atoms with van der Waals surface area (Å²) < 4.78 is 12.2. The van der Waals surface area contributed by atoms with E-state index in [1.54, 1.807) is 39.4 Å². The average molecular weight is 785 g/mol. The van der Waals surface area contributed by atoms with E-state index in [2.05, 4.69) is 34.8 Å². The van der Waals surface area contributed by atoms with E-state index in [0.717, 1.165) is 23.4 Å². The molecule has 0 aliphatic carbocycles. The number of thiazole rings is 1. The van der Waals surface area contributed by atoms with Crippen LogP contribution in [-0.4, -0.2) is 109 Å². The molecule has 9 atom stereocenters. The Bertz CT molecular complexity index is 1510. The zero-order valence-electron chi connectivity index (χ0n) is 35.3. The van der Waals surface area contributed by atoms with Crippen LogP contribution in [0.2, 0.25) is 0 Å². The third-order valence-corrected chi connectivity index (χ3v) is 12.5. The second-order valence-corrected chi connectivity index (χ2v) is 17.0. The number of aromatic nitrogens is 1. The summed E-state index contributed by atoms with van der Waals surface area (Å²) >= 11 is 1.50. The van der Waals surface area contributed by atoms with E-state index in [9.17, 15) is 19.2 Å². The Labute approximate surface area is 333 Å². The molecule has 308 valence electrons. The van der Waals surface area contributed by atoms with Crippen LogP contribution in [0.25, 0.3) is 0 Å². The first kappa shape index (κ1) is 46.0. The standard InChI is InChI=1S/C42H68N6O6S/c1-13-28(6)36(47(10)41(52)35(27(4)5)46-39(51)34(43-9)26(2)3)32(53-11)25-33(49)48-22-17-20-42(48,8)37(54-12)29(7)38(50)45-31(40-44-21-23-55-40)24-30-18-15-14-16-19-30/h14-16,18-19,21,23,26-29,31-32,34-37,43H,13,17,20,22,24-25H2,1-12H3,(H,45,50)(H,46,51)/t28-,29+,31-,32+,34-,35-,36-,37+,42?/m0/s1. The predicted molar refractivity (Wildman–Crippen MR) is 218 cm³/mol. The van der Waals surface area contributed by atoms with Crippen molar-refractivity contribution in [3.8, 4) is 0 Å². The molecule has 1 saturated heterocycles. The maximum absolute atomic E-state index is 14.5. The molecule has 3 rings (SSSR count). The quantitative estimate of drug-likeness (QED) is 0.156. The van der Waals surface area contributed by atoms with Crippen molar-refractivity contribution in [3.05, 3.63) is 52.5 Å². The molecule has 0 spiro atoms. The normalized spacial score (nSPS) is 20.3. The summed E-state index contributed by atoms with van der Waals surface area (Å²) in [4.78, 5) is 64.0. The van der Waals surface area contributed by atoms with Gasteiger partial charge in [-0.3, -0.25) is 19.2 Å². The third-order valence-electron chi connectivity index (χ3n) is 11.6. The van der Waals surface area contributed by atoms with E-state index in [0.29, 0.717) is 19.4 Å². The number of carbonyl (C=O) groups excluding carboxylic acids is 4. The second kappa shape index (κ2) is 21.2. The van der Waals surface area contributed by atoms with Gasteiger partial charge in [-0.1, -0.05) is 85.2 Å². The van der Waals surface area contributed by atoms with Crippen LogP contribution >= 0.6 is 11.3 Å². The Morgan fingerprint density at radius 1 is 0.964 bits per heavy atom. The van der Waals surface area contributed by atoms with Gasteiger partial charge in [0.2, 0.25) is 23.6 Å². The molecule has 1 aromatic carbocycles. The van der Waals surface area contributed by atoms with Crippen molar-refractivity contribution in [3.63, 3.8) is 0 Å². The second-order valence-electron chi connectivity index (χ2n) is 16.1. The molecule has 1 unspecified atom stereocenters. The van der Waals surface area contributed by atoms with Crippen LogP contribution in [0.5, 0.6) is 0 Å². The van der Waals surface area contributed by atoms with E-state index in [1.165, 1.54) is 11.3 Å². The van der Waals surface area contributed by atoms with Crippen molar-refractivity contribution in [2.75, 3.05) is 34.9 Å². The number of amides is 4. The summed E-state index contributed by atoms with van der Waals surface area (Å²) in [6.07, 6.45) is 3.33. The predicted octanol–water partition coefficient (Wildman–Crippen LogP) is 5.24. The maximum atomic E-state index is 14.5. The molecule has 13 heteroatoms. The molecule has 1 aliphatic rings.